The zero-order chi connectivity index (χ0) is 20.1. The summed E-state index contributed by atoms with van der Waals surface area (Å²) in [5.41, 5.74) is 2.03. The van der Waals surface area contributed by atoms with Crippen molar-refractivity contribution in [3.63, 3.8) is 0 Å². The largest absolute Gasteiger partial charge is 0.384 e. The Kier molecular flexibility index (Phi) is 6.02. The number of aromatic nitrogens is 2. The Labute approximate surface area is 170 Å². The lowest BCUT2D eigenvalue weighted by atomic mass is 9.78. The van der Waals surface area contributed by atoms with Gasteiger partial charge in [0.25, 0.3) is 0 Å². The summed E-state index contributed by atoms with van der Waals surface area (Å²) >= 11 is 0. The molecule has 1 aromatic heterocycles. The van der Waals surface area contributed by atoms with Gasteiger partial charge in [0.1, 0.15) is 5.82 Å². The van der Waals surface area contributed by atoms with Crippen molar-refractivity contribution in [2.45, 2.75) is 31.2 Å². The molecule has 2 aromatic carbocycles. The van der Waals surface area contributed by atoms with Gasteiger partial charge in [0.05, 0.1) is 12.0 Å². The predicted octanol–water partition coefficient (Wildman–Crippen LogP) is 3.98. The third-order valence-corrected chi connectivity index (χ3v) is 5.68. The number of ether oxygens (including phenoxy) is 1. The summed E-state index contributed by atoms with van der Waals surface area (Å²) in [6.45, 7) is 3.41. The number of likely N-dealkylation sites (tertiary alicyclic amines) is 1. The van der Waals surface area contributed by atoms with Crippen molar-refractivity contribution < 1.29 is 13.7 Å². The van der Waals surface area contributed by atoms with Crippen molar-refractivity contribution in [3.8, 4) is 0 Å². The molecule has 0 aliphatic carbocycles. The first-order valence-corrected chi connectivity index (χ1v) is 10.00. The number of nitrogens with zero attached hydrogens (tertiary/aromatic N) is 3. The summed E-state index contributed by atoms with van der Waals surface area (Å²) < 4.78 is 24.3. The van der Waals surface area contributed by atoms with E-state index in [0.29, 0.717) is 24.7 Å². The molecule has 0 amide bonds. The number of piperidine rings is 1. The highest BCUT2D eigenvalue weighted by Gasteiger charge is 2.41. The molecule has 1 aliphatic rings. The van der Waals surface area contributed by atoms with Crippen molar-refractivity contribution in [2.75, 3.05) is 26.8 Å². The first-order valence-electron chi connectivity index (χ1n) is 10.00. The second kappa shape index (κ2) is 8.84. The monoisotopic (exact) mass is 395 g/mol. The smallest absolute Gasteiger partial charge is 0.235 e. The Bertz CT molecular complexity index is 903. The summed E-state index contributed by atoms with van der Waals surface area (Å²) in [4.78, 5) is 7.14. The molecule has 1 fully saturated rings. The molecule has 29 heavy (non-hydrogen) atoms. The van der Waals surface area contributed by atoms with Gasteiger partial charge in [-0.25, -0.2) is 4.39 Å². The predicted molar refractivity (Wildman–Crippen MR) is 108 cm³/mol. The molecular weight excluding hydrogens is 369 g/mol. The van der Waals surface area contributed by atoms with Gasteiger partial charge in [-0.1, -0.05) is 47.6 Å². The van der Waals surface area contributed by atoms with Gasteiger partial charge in [0, 0.05) is 20.1 Å². The molecule has 1 aliphatic heterocycles. The van der Waals surface area contributed by atoms with Crippen LogP contribution in [0.4, 0.5) is 4.39 Å². The molecule has 0 N–H and O–H groups in total. The van der Waals surface area contributed by atoms with Crippen molar-refractivity contribution in [3.05, 3.63) is 83.3 Å². The third-order valence-electron chi connectivity index (χ3n) is 5.68. The molecule has 4 rings (SSSR count). The van der Waals surface area contributed by atoms with Crippen LogP contribution in [0.3, 0.4) is 0 Å². The number of methoxy groups -OCH3 is 1. The number of hydrogen-bond donors (Lipinski definition) is 0. The topological polar surface area (TPSA) is 51.4 Å². The Hall–Kier alpha value is -2.57. The Morgan fingerprint density at radius 3 is 2.45 bits per heavy atom. The van der Waals surface area contributed by atoms with Crippen molar-refractivity contribution in [1.29, 1.82) is 0 Å². The maximum atomic E-state index is 13.1. The molecule has 2 heterocycles. The maximum Gasteiger partial charge on any atom is 0.235 e. The van der Waals surface area contributed by atoms with Crippen LogP contribution in [0.25, 0.3) is 0 Å². The van der Waals surface area contributed by atoms with Crippen LogP contribution >= 0.6 is 0 Å². The number of benzene rings is 2. The minimum Gasteiger partial charge on any atom is -0.384 e. The van der Waals surface area contributed by atoms with Crippen LogP contribution in [0.15, 0.2) is 59.1 Å². The minimum atomic E-state index is -0.254. The van der Waals surface area contributed by atoms with Crippen molar-refractivity contribution in [2.24, 2.45) is 0 Å². The molecule has 0 unspecified atom stereocenters. The highest BCUT2D eigenvalue weighted by molar-refractivity contribution is 5.20. The van der Waals surface area contributed by atoms with E-state index in [4.69, 9.17) is 9.26 Å². The van der Waals surface area contributed by atoms with E-state index in [1.54, 1.807) is 19.2 Å². The fraction of sp³-hybridized carbons (Fsp3) is 0.391. The van der Waals surface area contributed by atoms with Crippen LogP contribution in [0, 0.1) is 5.82 Å². The molecular formula is C23H26FN3O2. The van der Waals surface area contributed by atoms with Gasteiger partial charge in [-0.05, 0) is 49.2 Å². The maximum absolute atomic E-state index is 13.1. The van der Waals surface area contributed by atoms with E-state index in [-0.39, 0.29) is 11.2 Å². The zero-order valence-electron chi connectivity index (χ0n) is 16.7. The Morgan fingerprint density at radius 1 is 1.03 bits per heavy atom. The quantitative estimate of drug-likeness (QED) is 0.606. The van der Waals surface area contributed by atoms with Crippen LogP contribution in [0.5, 0.6) is 0 Å². The SMILES string of the molecule is COCC1(c2nc(Cc3ccc(F)cc3)no2)CCN(Cc2ccccc2)CC1. The van der Waals surface area contributed by atoms with Gasteiger partial charge in [-0.15, -0.1) is 0 Å². The molecule has 0 radical (unpaired) electrons. The molecule has 1 saturated heterocycles. The second-order valence-corrected chi connectivity index (χ2v) is 7.79. The summed E-state index contributed by atoms with van der Waals surface area (Å²) in [5, 5.41) is 4.17. The van der Waals surface area contributed by atoms with Gasteiger partial charge < -0.3 is 9.26 Å². The van der Waals surface area contributed by atoms with Crippen LogP contribution in [0.1, 0.15) is 35.7 Å². The standard InChI is InChI=1S/C23H26FN3O2/c1-28-17-23(11-13-27(14-12-23)16-19-5-3-2-4-6-19)22-25-21(26-29-22)15-18-7-9-20(24)10-8-18/h2-10H,11-17H2,1H3. The van der Waals surface area contributed by atoms with Gasteiger partial charge >= 0.3 is 0 Å². The van der Waals surface area contributed by atoms with Crippen molar-refractivity contribution in [1.82, 2.24) is 15.0 Å². The number of rotatable bonds is 7. The van der Waals surface area contributed by atoms with Crippen LogP contribution in [-0.4, -0.2) is 41.8 Å². The van der Waals surface area contributed by atoms with E-state index in [0.717, 1.165) is 38.0 Å². The lowest BCUT2D eigenvalue weighted by Crippen LogP contribution is -2.45. The van der Waals surface area contributed by atoms with Gasteiger partial charge in [-0.3, -0.25) is 4.90 Å². The van der Waals surface area contributed by atoms with E-state index in [9.17, 15) is 4.39 Å². The molecule has 0 saturated carbocycles. The first-order chi connectivity index (χ1) is 14.2. The number of hydrogen-bond acceptors (Lipinski definition) is 5. The fourth-order valence-corrected chi connectivity index (χ4v) is 4.00. The molecule has 0 atom stereocenters. The Morgan fingerprint density at radius 2 is 1.76 bits per heavy atom. The molecule has 152 valence electrons. The summed E-state index contributed by atoms with van der Waals surface area (Å²) in [6.07, 6.45) is 2.34. The molecule has 6 heteroatoms. The molecule has 5 nitrogen and oxygen atoms in total. The molecule has 3 aromatic rings. The fourth-order valence-electron chi connectivity index (χ4n) is 4.00. The van der Waals surface area contributed by atoms with Gasteiger partial charge in [0.2, 0.25) is 5.89 Å². The lowest BCUT2D eigenvalue weighted by Gasteiger charge is -2.38. The number of halogens is 1. The second-order valence-electron chi connectivity index (χ2n) is 7.79. The highest BCUT2D eigenvalue weighted by Crippen LogP contribution is 2.35. The zero-order valence-corrected chi connectivity index (χ0v) is 16.7. The summed E-state index contributed by atoms with van der Waals surface area (Å²) in [6, 6.07) is 16.9. The van der Waals surface area contributed by atoms with Gasteiger partial charge in [0.15, 0.2) is 5.82 Å². The average molecular weight is 395 g/mol. The van der Waals surface area contributed by atoms with Crippen LogP contribution < -0.4 is 0 Å². The third kappa shape index (κ3) is 4.71. The summed E-state index contributed by atoms with van der Waals surface area (Å²) in [7, 11) is 1.72. The van der Waals surface area contributed by atoms with Gasteiger partial charge in [-0.2, -0.15) is 4.98 Å². The normalized spacial score (nSPS) is 16.8. The minimum absolute atomic E-state index is 0.246. The van der Waals surface area contributed by atoms with Crippen molar-refractivity contribution >= 4 is 0 Å². The van der Waals surface area contributed by atoms with Crippen LogP contribution in [-0.2, 0) is 23.1 Å². The van der Waals surface area contributed by atoms with E-state index in [2.05, 4.69) is 39.3 Å². The molecule has 0 spiro atoms. The first kappa shape index (κ1) is 19.7. The van der Waals surface area contributed by atoms with E-state index >= 15 is 0 Å². The summed E-state index contributed by atoms with van der Waals surface area (Å²) in [5.74, 6) is 1.02. The van der Waals surface area contributed by atoms with E-state index in [1.807, 2.05) is 6.07 Å². The Balaban J connectivity index is 1.44. The van der Waals surface area contributed by atoms with E-state index < -0.39 is 0 Å². The lowest BCUT2D eigenvalue weighted by molar-refractivity contribution is 0.0507. The van der Waals surface area contributed by atoms with E-state index in [1.165, 1.54) is 17.7 Å². The molecule has 0 bridgehead atoms. The average Bonchev–Trinajstić information content (AvgIpc) is 3.21. The highest BCUT2D eigenvalue weighted by atomic mass is 19.1. The van der Waals surface area contributed by atoms with Crippen LogP contribution in [0.2, 0.25) is 0 Å².